The van der Waals surface area contributed by atoms with Crippen LogP contribution in [-0.2, 0) is 24.7 Å². The number of rotatable bonds is 5. The van der Waals surface area contributed by atoms with Gasteiger partial charge in [0.1, 0.15) is 0 Å². The Kier molecular flexibility index (Phi) is 10.00. The summed E-state index contributed by atoms with van der Waals surface area (Å²) in [5.74, 6) is 1.08. The molecule has 0 saturated carbocycles. The summed E-state index contributed by atoms with van der Waals surface area (Å²) in [6.07, 6.45) is 0. The Bertz CT molecular complexity index is 1250. The quantitative estimate of drug-likeness (QED) is 0.484. The van der Waals surface area contributed by atoms with E-state index in [1.165, 1.54) is 71.4 Å². The minimum absolute atomic E-state index is 0. The fraction of sp³-hybridized carbons (Fsp3) is 0.462. The first kappa shape index (κ1) is 30.7. The van der Waals surface area contributed by atoms with Gasteiger partial charge < -0.3 is 24.8 Å². The average molecular weight is 599 g/mol. The Morgan fingerprint density at radius 1 is 0.970 bits per heavy atom. The maximum atomic E-state index is 6.82. The van der Waals surface area contributed by atoms with E-state index in [1.807, 2.05) is 0 Å². The minimum Gasteiger partial charge on any atom is -1.00 e. The molecule has 179 valence electrons. The number of benzene rings is 2. The van der Waals surface area contributed by atoms with Gasteiger partial charge >= 0.3 is 206 Å². The van der Waals surface area contributed by atoms with Crippen molar-refractivity contribution in [1.82, 2.24) is 0 Å². The van der Waals surface area contributed by atoms with Crippen molar-refractivity contribution in [3.8, 4) is 5.75 Å². The molecule has 0 spiro atoms. The van der Waals surface area contributed by atoms with Crippen LogP contribution in [0, 0.1) is 10.4 Å². The van der Waals surface area contributed by atoms with Gasteiger partial charge in [-0.05, 0) is 0 Å². The third-order valence-corrected chi connectivity index (χ3v) is 12.4. The summed E-state index contributed by atoms with van der Waals surface area (Å²) in [4.78, 5) is 0. The molecule has 1 N–H and O–H groups in total. The van der Waals surface area contributed by atoms with Gasteiger partial charge in [0.25, 0.3) is 0 Å². The van der Waals surface area contributed by atoms with Gasteiger partial charge in [0, 0.05) is 0 Å². The zero-order chi connectivity index (χ0) is 23.4. The van der Waals surface area contributed by atoms with Crippen LogP contribution in [0.2, 0.25) is 38.8 Å². The first-order chi connectivity index (χ1) is 14.2. The van der Waals surface area contributed by atoms with E-state index in [4.69, 9.17) is 4.43 Å². The van der Waals surface area contributed by atoms with Gasteiger partial charge in [0.15, 0.2) is 0 Å². The molecule has 0 heterocycles. The molecule has 0 atom stereocenters. The molecule has 0 aliphatic heterocycles. The first-order valence-corrected chi connectivity index (χ1v) is 19.2. The van der Waals surface area contributed by atoms with E-state index in [0.29, 0.717) is 0 Å². The molecule has 0 bridgehead atoms. The maximum Gasteiger partial charge on any atom is -1.00 e. The van der Waals surface area contributed by atoms with Crippen LogP contribution < -0.4 is 45.0 Å². The third-order valence-electron chi connectivity index (χ3n) is 6.22. The number of halogens is 2. The van der Waals surface area contributed by atoms with Crippen LogP contribution in [0.5, 0.6) is 5.75 Å². The Hall–Kier alpha value is -0.323. The van der Waals surface area contributed by atoms with Crippen molar-refractivity contribution in [2.45, 2.75) is 78.9 Å². The second-order valence-electron chi connectivity index (χ2n) is 11.4. The second-order valence-corrected chi connectivity index (χ2v) is 22.3. The third kappa shape index (κ3) is 6.47. The molecule has 3 rings (SSSR count). The van der Waals surface area contributed by atoms with E-state index >= 15 is 0 Å². The van der Waals surface area contributed by atoms with E-state index < -0.39 is 16.4 Å². The van der Waals surface area contributed by atoms with Gasteiger partial charge in [0.05, 0.1) is 0 Å². The number of hydrogen-bond donors (Lipinski definition) is 1. The molecule has 1 aliphatic rings. The Balaban J connectivity index is 0.00000272. The van der Waals surface area contributed by atoms with Crippen LogP contribution >= 0.6 is 0 Å². The predicted molar refractivity (Wildman–Crippen MR) is 137 cm³/mol. The fourth-order valence-electron chi connectivity index (χ4n) is 4.09. The Morgan fingerprint density at radius 2 is 1.52 bits per heavy atom. The normalized spacial score (nSPS) is 14.0. The van der Waals surface area contributed by atoms with Crippen molar-refractivity contribution >= 4 is 30.6 Å². The molecule has 0 saturated heterocycles. The fourth-order valence-corrected chi connectivity index (χ4v) is 7.54. The van der Waals surface area contributed by atoms with Crippen LogP contribution in [0.3, 0.4) is 0 Å². The monoisotopic (exact) mass is 596 g/mol. The largest absolute Gasteiger partial charge is 1.00 e. The molecule has 0 radical (unpaired) electrons. The van der Waals surface area contributed by atoms with Crippen molar-refractivity contribution in [3.63, 3.8) is 0 Å². The Labute approximate surface area is 229 Å². The van der Waals surface area contributed by atoms with E-state index in [9.17, 15) is 0 Å². The van der Waals surface area contributed by atoms with Crippen molar-refractivity contribution < 1.29 is 54.0 Å². The van der Waals surface area contributed by atoms with E-state index in [0.717, 1.165) is 5.75 Å². The molecule has 2 nitrogen and oxygen atoms in total. The van der Waals surface area contributed by atoms with Crippen molar-refractivity contribution in [2.24, 2.45) is 0 Å². The van der Waals surface area contributed by atoms with Gasteiger partial charge in [-0.15, -0.1) is 0 Å². The van der Waals surface area contributed by atoms with Gasteiger partial charge in [0.2, 0.25) is 0 Å². The molecule has 1 aliphatic carbocycles. The molecule has 0 fully saturated rings. The summed E-state index contributed by atoms with van der Waals surface area (Å²) in [6, 6.07) is 12.5. The average Bonchev–Trinajstić information content (AvgIpc) is 2.91. The predicted octanol–water partition coefficient (Wildman–Crippen LogP) is -0.140. The van der Waals surface area contributed by atoms with E-state index in [1.54, 1.807) is 0 Å². The molecular formula is C26H38Cl2NOSi2Zr. The molecule has 2 aromatic rings. The SMILES string of the molecule is CC[Si](C)(C)C(C)=c1c(O[Si](C)(C)C)cc2c(c1NC(C)(C)C)[C]([Zr+2])=c1ccccc1=2.[Cl-].[Cl-]. The zero-order valence-electron chi connectivity index (χ0n) is 21.8. The summed E-state index contributed by atoms with van der Waals surface area (Å²) in [5.41, 5.74) is 2.64. The molecule has 7 heteroatoms. The van der Waals surface area contributed by atoms with Crippen LogP contribution in [0.4, 0.5) is 5.69 Å². The van der Waals surface area contributed by atoms with Gasteiger partial charge in [-0.25, -0.2) is 0 Å². The summed E-state index contributed by atoms with van der Waals surface area (Å²) < 4.78 is 8.28. The van der Waals surface area contributed by atoms with Crippen LogP contribution in [-0.4, -0.2) is 21.9 Å². The summed E-state index contributed by atoms with van der Waals surface area (Å²) in [5, 5.41) is 10.9. The Morgan fingerprint density at radius 3 is 2.00 bits per heavy atom. The molecule has 2 aromatic carbocycles. The van der Waals surface area contributed by atoms with Gasteiger partial charge in [-0.1, -0.05) is 0 Å². The topological polar surface area (TPSA) is 21.3 Å². The van der Waals surface area contributed by atoms with E-state index in [-0.39, 0.29) is 30.4 Å². The molecular weight excluding hydrogens is 561 g/mol. The zero-order valence-corrected chi connectivity index (χ0v) is 27.7. The van der Waals surface area contributed by atoms with Crippen LogP contribution in [0.15, 0.2) is 30.3 Å². The van der Waals surface area contributed by atoms with E-state index in [2.05, 4.69) is 103 Å². The molecule has 33 heavy (non-hydrogen) atoms. The summed E-state index contributed by atoms with van der Waals surface area (Å²) >= 11 is 1.46. The smallest absolute Gasteiger partial charge is 1.00 e. The summed E-state index contributed by atoms with van der Waals surface area (Å²) in [6.45, 7) is 23.3. The standard InChI is InChI=1S/C26H38NOSi2.2ClH.Zr/c1-11-30(9,10)18(2)24-23(28-29(6,7)8)17-21-20-15-13-12-14-19(20)16-22(21)25(24)27-26(3,4)5;;;/h12-15,17,27H,11H2,1-10H3;2*1H;/q;;;+2/p-2. The van der Waals surface area contributed by atoms with Crippen molar-refractivity contribution in [3.05, 3.63) is 56.8 Å². The second kappa shape index (κ2) is 10.7. The van der Waals surface area contributed by atoms with Crippen LogP contribution in [0.25, 0.3) is 8.48 Å². The first-order valence-electron chi connectivity index (χ1n) is 11.4. The van der Waals surface area contributed by atoms with Gasteiger partial charge in [-0.3, -0.25) is 0 Å². The van der Waals surface area contributed by atoms with Crippen molar-refractivity contribution in [1.29, 1.82) is 0 Å². The minimum atomic E-state index is -1.79. The number of hydrogen-bond acceptors (Lipinski definition) is 2. The van der Waals surface area contributed by atoms with Crippen molar-refractivity contribution in [2.75, 3.05) is 5.32 Å². The molecule has 0 amide bonds. The van der Waals surface area contributed by atoms with Gasteiger partial charge in [-0.2, -0.15) is 0 Å². The molecule has 0 aromatic heterocycles. The summed E-state index contributed by atoms with van der Waals surface area (Å²) in [7, 11) is -3.35. The molecule has 0 unspecified atom stereocenters. The number of anilines is 1. The number of fused-ring (bicyclic) bond motifs is 2. The maximum absolute atomic E-state index is 6.82. The van der Waals surface area contributed by atoms with Crippen LogP contribution in [0.1, 0.15) is 40.2 Å². The number of nitrogens with one attached hydrogen (secondary N) is 1.